The second-order valence-electron chi connectivity index (χ2n) is 9.92. The molecular formula is C30H28F2N4O5. The van der Waals surface area contributed by atoms with E-state index in [1.165, 1.54) is 30.2 Å². The van der Waals surface area contributed by atoms with Crippen LogP contribution in [-0.2, 0) is 20.2 Å². The van der Waals surface area contributed by atoms with Crippen molar-refractivity contribution < 1.29 is 32.3 Å². The molecule has 0 aliphatic carbocycles. The van der Waals surface area contributed by atoms with E-state index >= 15 is 0 Å². The minimum Gasteiger partial charge on any atom is -0.468 e. The standard InChI is InChI=1S/C30H28F2N4O5/c1-30(31,32)21-11-12-24-22(16-21)34-27(41-24)19-9-6-10-20(15-19)28(38)36-14-13-35(17-23(36)26(33)37)25(29(39)40-2)18-7-4-3-5-8-18/h3-12,15-16,23,25H,13-14,17H2,1-2H3,(H2,33,37)/t23-,25+/m0/s1. The summed E-state index contributed by atoms with van der Waals surface area (Å²) in [6.07, 6.45) is 0. The second-order valence-corrected chi connectivity index (χ2v) is 9.92. The fraction of sp³-hybridized carbons (Fsp3) is 0.267. The van der Waals surface area contributed by atoms with E-state index in [0.29, 0.717) is 23.3 Å². The van der Waals surface area contributed by atoms with E-state index in [4.69, 9.17) is 14.9 Å². The van der Waals surface area contributed by atoms with Gasteiger partial charge in [-0.15, -0.1) is 0 Å². The SMILES string of the molecule is COC(=O)[C@@H](c1ccccc1)N1CCN(C(=O)c2cccc(-c3nc4cc(C(C)(F)F)ccc4o3)c2)[C@H](C(N)=O)C1. The smallest absolute Gasteiger partial charge is 0.327 e. The highest BCUT2D eigenvalue weighted by atomic mass is 19.3. The number of benzene rings is 3. The third-order valence-corrected chi connectivity index (χ3v) is 7.16. The molecule has 0 saturated carbocycles. The average molecular weight is 563 g/mol. The van der Waals surface area contributed by atoms with Gasteiger partial charge >= 0.3 is 5.97 Å². The van der Waals surface area contributed by atoms with E-state index in [1.54, 1.807) is 53.4 Å². The van der Waals surface area contributed by atoms with Gasteiger partial charge in [0.1, 0.15) is 17.6 Å². The number of amides is 2. The number of aromatic nitrogens is 1. The monoisotopic (exact) mass is 562 g/mol. The van der Waals surface area contributed by atoms with Gasteiger partial charge in [-0.05, 0) is 42.0 Å². The van der Waals surface area contributed by atoms with Crippen molar-refractivity contribution in [1.29, 1.82) is 0 Å². The van der Waals surface area contributed by atoms with Gasteiger partial charge in [0, 0.05) is 43.2 Å². The lowest BCUT2D eigenvalue weighted by Gasteiger charge is -2.42. The number of ether oxygens (including phenoxy) is 1. The molecule has 4 aromatic rings. The molecule has 1 aromatic heterocycles. The number of nitrogens with two attached hydrogens (primary N) is 1. The number of halogens is 2. The molecule has 9 nitrogen and oxygen atoms in total. The maximum Gasteiger partial charge on any atom is 0.327 e. The van der Waals surface area contributed by atoms with Gasteiger partial charge in [0.15, 0.2) is 5.58 Å². The maximum atomic E-state index is 13.8. The van der Waals surface area contributed by atoms with Gasteiger partial charge in [0.05, 0.1) is 7.11 Å². The third-order valence-electron chi connectivity index (χ3n) is 7.16. The lowest BCUT2D eigenvalue weighted by Crippen LogP contribution is -2.61. The first-order chi connectivity index (χ1) is 19.6. The first-order valence-electron chi connectivity index (χ1n) is 12.9. The Labute approximate surface area is 234 Å². The van der Waals surface area contributed by atoms with E-state index < -0.39 is 35.8 Å². The number of nitrogens with zero attached hydrogens (tertiary/aromatic N) is 3. The number of hydrogen-bond donors (Lipinski definition) is 1. The van der Waals surface area contributed by atoms with Gasteiger partial charge in [-0.2, -0.15) is 0 Å². The highest BCUT2D eigenvalue weighted by Gasteiger charge is 2.40. The Morgan fingerprint density at radius 1 is 1.05 bits per heavy atom. The topological polar surface area (TPSA) is 119 Å². The van der Waals surface area contributed by atoms with Crippen LogP contribution in [0.5, 0.6) is 0 Å². The molecule has 0 bridgehead atoms. The first-order valence-corrected chi connectivity index (χ1v) is 12.9. The van der Waals surface area contributed by atoms with Crippen LogP contribution in [0.1, 0.15) is 34.5 Å². The predicted octanol–water partition coefficient (Wildman–Crippen LogP) is 4.13. The van der Waals surface area contributed by atoms with E-state index in [-0.39, 0.29) is 35.6 Å². The van der Waals surface area contributed by atoms with E-state index in [0.717, 1.165) is 6.92 Å². The fourth-order valence-electron chi connectivity index (χ4n) is 5.04. The summed E-state index contributed by atoms with van der Waals surface area (Å²) >= 11 is 0. The number of carbonyl (C=O) groups is 3. The molecule has 5 rings (SSSR count). The summed E-state index contributed by atoms with van der Waals surface area (Å²) in [6.45, 7) is 1.26. The number of oxazole rings is 1. The minimum absolute atomic E-state index is 0.0327. The number of hydrogen-bond acceptors (Lipinski definition) is 7. The van der Waals surface area contributed by atoms with Crippen LogP contribution in [0.2, 0.25) is 0 Å². The minimum atomic E-state index is -3.03. The molecule has 1 fully saturated rings. The number of piperazine rings is 1. The van der Waals surface area contributed by atoms with Crippen molar-refractivity contribution in [1.82, 2.24) is 14.8 Å². The fourth-order valence-corrected chi connectivity index (χ4v) is 5.04. The van der Waals surface area contributed by atoms with Crippen LogP contribution < -0.4 is 5.73 Å². The van der Waals surface area contributed by atoms with Crippen molar-refractivity contribution >= 4 is 28.9 Å². The molecule has 1 aliphatic rings. The number of methoxy groups -OCH3 is 1. The van der Waals surface area contributed by atoms with Crippen LogP contribution in [0.25, 0.3) is 22.6 Å². The molecule has 2 heterocycles. The number of carbonyl (C=O) groups excluding carboxylic acids is 3. The van der Waals surface area contributed by atoms with Crippen LogP contribution in [0.4, 0.5) is 8.78 Å². The van der Waals surface area contributed by atoms with E-state index in [9.17, 15) is 23.2 Å². The molecule has 0 spiro atoms. The number of fused-ring (bicyclic) bond motifs is 1. The zero-order valence-corrected chi connectivity index (χ0v) is 22.4. The lowest BCUT2D eigenvalue weighted by molar-refractivity contribution is -0.149. The summed E-state index contributed by atoms with van der Waals surface area (Å²) < 4.78 is 38.3. The number of alkyl halides is 2. The molecule has 0 unspecified atom stereocenters. The van der Waals surface area contributed by atoms with Gasteiger partial charge in [-0.3, -0.25) is 14.5 Å². The first kappa shape index (κ1) is 27.9. The van der Waals surface area contributed by atoms with Crippen molar-refractivity contribution in [3.8, 4) is 11.5 Å². The van der Waals surface area contributed by atoms with Gasteiger partial charge in [-0.1, -0.05) is 36.4 Å². The summed E-state index contributed by atoms with van der Waals surface area (Å²) in [4.78, 5) is 46.4. The quantitative estimate of drug-likeness (QED) is 0.337. The van der Waals surface area contributed by atoms with Crippen LogP contribution in [0.3, 0.4) is 0 Å². The molecular weight excluding hydrogens is 534 g/mol. The number of esters is 1. The average Bonchev–Trinajstić information content (AvgIpc) is 3.41. The number of rotatable bonds is 7. The Balaban J connectivity index is 1.40. The molecule has 2 amide bonds. The molecule has 212 valence electrons. The summed E-state index contributed by atoms with van der Waals surface area (Å²) in [5, 5.41) is 0. The highest BCUT2D eigenvalue weighted by molar-refractivity contribution is 5.98. The molecule has 0 radical (unpaired) electrons. The molecule has 2 atom stereocenters. The Morgan fingerprint density at radius 2 is 1.80 bits per heavy atom. The van der Waals surface area contributed by atoms with Crippen molar-refractivity contribution in [2.75, 3.05) is 26.7 Å². The van der Waals surface area contributed by atoms with E-state index in [1.807, 2.05) is 6.07 Å². The maximum absolute atomic E-state index is 13.8. The van der Waals surface area contributed by atoms with Gasteiger partial charge in [-0.25, -0.2) is 18.6 Å². The summed E-state index contributed by atoms with van der Waals surface area (Å²) in [7, 11) is 1.30. The summed E-state index contributed by atoms with van der Waals surface area (Å²) in [6, 6.07) is 17.7. The van der Waals surface area contributed by atoms with Crippen LogP contribution in [0, 0.1) is 0 Å². The Hall–Kier alpha value is -4.64. The third kappa shape index (κ3) is 5.66. The molecule has 2 N–H and O–H groups in total. The molecule has 3 aromatic carbocycles. The Morgan fingerprint density at radius 3 is 2.49 bits per heavy atom. The number of primary amides is 1. The second kappa shape index (κ2) is 11.1. The van der Waals surface area contributed by atoms with Crippen LogP contribution in [-0.4, -0.2) is 65.4 Å². The van der Waals surface area contributed by atoms with E-state index in [2.05, 4.69) is 4.98 Å². The molecule has 1 aliphatic heterocycles. The normalized spacial score (nSPS) is 16.9. The highest BCUT2D eigenvalue weighted by Crippen LogP contribution is 2.32. The van der Waals surface area contributed by atoms with Gasteiger partial charge in [0.2, 0.25) is 11.8 Å². The van der Waals surface area contributed by atoms with Crippen molar-refractivity contribution in [2.45, 2.75) is 24.9 Å². The van der Waals surface area contributed by atoms with Crippen molar-refractivity contribution in [2.24, 2.45) is 5.73 Å². The molecule has 11 heteroatoms. The Kier molecular flexibility index (Phi) is 7.55. The summed E-state index contributed by atoms with van der Waals surface area (Å²) in [5.41, 5.74) is 7.56. The largest absolute Gasteiger partial charge is 0.468 e. The Bertz CT molecular complexity index is 1600. The lowest BCUT2D eigenvalue weighted by atomic mass is 10.0. The van der Waals surface area contributed by atoms with Crippen LogP contribution >= 0.6 is 0 Å². The van der Waals surface area contributed by atoms with Gasteiger partial charge < -0.3 is 19.8 Å². The van der Waals surface area contributed by atoms with Crippen molar-refractivity contribution in [3.63, 3.8) is 0 Å². The van der Waals surface area contributed by atoms with Gasteiger partial charge in [0.25, 0.3) is 11.8 Å². The zero-order valence-electron chi connectivity index (χ0n) is 22.4. The predicted molar refractivity (Wildman–Crippen MR) is 146 cm³/mol. The molecule has 41 heavy (non-hydrogen) atoms. The molecule has 1 saturated heterocycles. The van der Waals surface area contributed by atoms with Crippen molar-refractivity contribution in [3.05, 3.63) is 89.5 Å². The summed E-state index contributed by atoms with van der Waals surface area (Å²) in [5.74, 6) is -4.50. The van der Waals surface area contributed by atoms with Crippen LogP contribution in [0.15, 0.2) is 77.2 Å². The zero-order chi connectivity index (χ0) is 29.3.